The van der Waals surface area contributed by atoms with Crippen molar-refractivity contribution in [3.05, 3.63) is 0 Å². The van der Waals surface area contributed by atoms with Crippen molar-refractivity contribution in [2.45, 2.75) is 50.7 Å². The van der Waals surface area contributed by atoms with E-state index in [1.165, 1.54) is 0 Å². The van der Waals surface area contributed by atoms with Gasteiger partial charge in [0.05, 0.1) is 6.10 Å². The van der Waals surface area contributed by atoms with Crippen LogP contribution in [0.2, 0.25) is 0 Å². The molecule has 1 aliphatic carbocycles. The first-order chi connectivity index (χ1) is 7.26. The van der Waals surface area contributed by atoms with Gasteiger partial charge in [0.2, 0.25) is 5.91 Å². The van der Waals surface area contributed by atoms with E-state index in [2.05, 4.69) is 5.32 Å². The molecule has 1 saturated carbocycles. The molecule has 1 N–H and O–H groups in total. The van der Waals surface area contributed by atoms with Crippen molar-refractivity contribution < 1.29 is 9.53 Å². The molecule has 1 aliphatic rings. The lowest BCUT2D eigenvalue weighted by Gasteiger charge is -2.12. The molecule has 0 bridgehead atoms. The Morgan fingerprint density at radius 3 is 2.87 bits per heavy atom. The van der Waals surface area contributed by atoms with Crippen LogP contribution in [-0.2, 0) is 9.53 Å². The topological polar surface area (TPSA) is 38.3 Å². The van der Waals surface area contributed by atoms with Crippen molar-refractivity contribution in [1.82, 2.24) is 5.32 Å². The number of ether oxygens (including phenoxy) is 1. The fourth-order valence-corrected chi connectivity index (χ4v) is 2.15. The predicted octanol–water partition coefficient (Wildman–Crippen LogP) is 2.08. The van der Waals surface area contributed by atoms with Crippen LogP contribution in [0.15, 0.2) is 0 Å². The number of unbranched alkanes of at least 4 members (excludes halogenated alkanes) is 1. The summed E-state index contributed by atoms with van der Waals surface area (Å²) in [6, 6.07) is 0.318. The van der Waals surface area contributed by atoms with Crippen LogP contribution in [0.3, 0.4) is 0 Å². The summed E-state index contributed by atoms with van der Waals surface area (Å²) in [6.45, 7) is 0. The van der Waals surface area contributed by atoms with E-state index in [1.807, 2.05) is 0 Å². The SMILES string of the molecule is COC1CCC(NC(=O)CCCCCl)C1. The number of carbonyl (C=O) groups excluding carboxylic acids is 1. The van der Waals surface area contributed by atoms with E-state index < -0.39 is 0 Å². The Morgan fingerprint density at radius 2 is 2.27 bits per heavy atom. The molecule has 1 fully saturated rings. The number of hydrogen-bond acceptors (Lipinski definition) is 2. The summed E-state index contributed by atoms with van der Waals surface area (Å²) in [6.07, 6.45) is 5.79. The van der Waals surface area contributed by atoms with E-state index >= 15 is 0 Å². The number of rotatable bonds is 6. The normalized spacial score (nSPS) is 25.5. The first kappa shape index (κ1) is 12.8. The summed E-state index contributed by atoms with van der Waals surface area (Å²) < 4.78 is 5.25. The van der Waals surface area contributed by atoms with Crippen molar-refractivity contribution in [3.8, 4) is 0 Å². The third kappa shape index (κ3) is 4.85. The molecule has 1 rings (SSSR count). The zero-order valence-corrected chi connectivity index (χ0v) is 10.1. The van der Waals surface area contributed by atoms with Gasteiger partial charge in [-0.15, -0.1) is 11.6 Å². The monoisotopic (exact) mass is 233 g/mol. The average Bonchev–Trinajstić information content (AvgIpc) is 2.66. The largest absolute Gasteiger partial charge is 0.381 e. The lowest BCUT2D eigenvalue weighted by molar-refractivity contribution is -0.121. The molecule has 2 unspecified atom stereocenters. The third-order valence-electron chi connectivity index (χ3n) is 2.87. The van der Waals surface area contributed by atoms with Crippen molar-refractivity contribution in [2.24, 2.45) is 0 Å². The molecule has 0 radical (unpaired) electrons. The smallest absolute Gasteiger partial charge is 0.220 e. The molecule has 0 saturated heterocycles. The molecule has 4 heteroatoms. The van der Waals surface area contributed by atoms with Gasteiger partial charge >= 0.3 is 0 Å². The minimum absolute atomic E-state index is 0.155. The summed E-state index contributed by atoms with van der Waals surface area (Å²) in [7, 11) is 1.73. The van der Waals surface area contributed by atoms with Gasteiger partial charge in [-0.25, -0.2) is 0 Å². The van der Waals surface area contributed by atoms with Crippen LogP contribution < -0.4 is 5.32 Å². The first-order valence-electron chi connectivity index (χ1n) is 5.64. The van der Waals surface area contributed by atoms with Gasteiger partial charge < -0.3 is 10.1 Å². The Labute approximate surface area is 96.5 Å². The highest BCUT2D eigenvalue weighted by atomic mass is 35.5. The zero-order valence-electron chi connectivity index (χ0n) is 9.30. The van der Waals surface area contributed by atoms with E-state index in [-0.39, 0.29) is 5.91 Å². The van der Waals surface area contributed by atoms with Gasteiger partial charge in [-0.2, -0.15) is 0 Å². The summed E-state index contributed by atoms with van der Waals surface area (Å²) in [5.41, 5.74) is 0. The van der Waals surface area contributed by atoms with Gasteiger partial charge in [-0.1, -0.05) is 0 Å². The van der Waals surface area contributed by atoms with E-state index in [1.54, 1.807) is 7.11 Å². The second-order valence-electron chi connectivity index (χ2n) is 4.08. The number of carbonyl (C=O) groups is 1. The van der Waals surface area contributed by atoms with Crippen LogP contribution in [0, 0.1) is 0 Å². The predicted molar refractivity (Wildman–Crippen MR) is 61.1 cm³/mol. The van der Waals surface area contributed by atoms with Gasteiger partial charge in [0.25, 0.3) is 0 Å². The van der Waals surface area contributed by atoms with E-state index in [0.717, 1.165) is 32.1 Å². The second-order valence-corrected chi connectivity index (χ2v) is 4.46. The van der Waals surface area contributed by atoms with Crippen LogP contribution in [0.4, 0.5) is 0 Å². The van der Waals surface area contributed by atoms with Crippen LogP contribution in [0.1, 0.15) is 38.5 Å². The maximum atomic E-state index is 11.5. The molecule has 2 atom stereocenters. The highest BCUT2D eigenvalue weighted by Gasteiger charge is 2.25. The minimum Gasteiger partial charge on any atom is -0.381 e. The quantitative estimate of drug-likeness (QED) is 0.564. The lowest BCUT2D eigenvalue weighted by atomic mass is 10.2. The number of amides is 1. The summed E-state index contributed by atoms with van der Waals surface area (Å²) in [5, 5.41) is 3.04. The number of halogens is 1. The summed E-state index contributed by atoms with van der Waals surface area (Å²) in [4.78, 5) is 11.5. The second kappa shape index (κ2) is 7.07. The molecule has 0 aliphatic heterocycles. The number of hydrogen-bond donors (Lipinski definition) is 1. The molecule has 0 aromatic carbocycles. The highest BCUT2D eigenvalue weighted by molar-refractivity contribution is 6.17. The Hall–Kier alpha value is -0.280. The summed E-state index contributed by atoms with van der Waals surface area (Å²) in [5.74, 6) is 0.796. The molecule has 0 aromatic rings. The number of nitrogens with one attached hydrogen (secondary N) is 1. The van der Waals surface area contributed by atoms with Crippen molar-refractivity contribution in [2.75, 3.05) is 13.0 Å². The van der Waals surface area contributed by atoms with E-state index in [9.17, 15) is 4.79 Å². The Balaban J connectivity index is 2.10. The zero-order chi connectivity index (χ0) is 11.1. The van der Waals surface area contributed by atoms with Gasteiger partial charge in [0.15, 0.2) is 0 Å². The molecule has 0 heterocycles. The van der Waals surface area contributed by atoms with E-state index in [0.29, 0.717) is 24.4 Å². The standard InChI is InChI=1S/C11H20ClNO2/c1-15-10-6-5-9(8-10)13-11(14)4-2-3-7-12/h9-10H,2-8H2,1H3,(H,13,14). The fraction of sp³-hybridized carbons (Fsp3) is 0.909. The van der Waals surface area contributed by atoms with Crippen LogP contribution in [0.25, 0.3) is 0 Å². The van der Waals surface area contributed by atoms with Gasteiger partial charge in [-0.3, -0.25) is 4.79 Å². The molecule has 88 valence electrons. The van der Waals surface area contributed by atoms with Crippen molar-refractivity contribution in [1.29, 1.82) is 0 Å². The van der Waals surface area contributed by atoms with Crippen LogP contribution in [-0.4, -0.2) is 31.0 Å². The number of methoxy groups -OCH3 is 1. The minimum atomic E-state index is 0.155. The number of alkyl halides is 1. The van der Waals surface area contributed by atoms with Gasteiger partial charge in [0, 0.05) is 25.5 Å². The van der Waals surface area contributed by atoms with Crippen LogP contribution >= 0.6 is 11.6 Å². The molecule has 15 heavy (non-hydrogen) atoms. The fourth-order valence-electron chi connectivity index (χ4n) is 1.97. The van der Waals surface area contributed by atoms with Gasteiger partial charge in [0.1, 0.15) is 0 Å². The molecule has 0 aromatic heterocycles. The third-order valence-corrected chi connectivity index (χ3v) is 3.14. The first-order valence-corrected chi connectivity index (χ1v) is 6.18. The molecular weight excluding hydrogens is 214 g/mol. The Bertz CT molecular complexity index is 199. The Kier molecular flexibility index (Phi) is 6.03. The molecule has 0 spiro atoms. The van der Waals surface area contributed by atoms with Gasteiger partial charge in [-0.05, 0) is 32.1 Å². The molecule has 1 amide bonds. The van der Waals surface area contributed by atoms with Crippen LogP contribution in [0.5, 0.6) is 0 Å². The average molecular weight is 234 g/mol. The molecular formula is C11H20ClNO2. The molecule has 3 nitrogen and oxygen atoms in total. The Morgan fingerprint density at radius 1 is 1.47 bits per heavy atom. The highest BCUT2D eigenvalue weighted by Crippen LogP contribution is 2.21. The lowest BCUT2D eigenvalue weighted by Crippen LogP contribution is -2.33. The summed E-state index contributed by atoms with van der Waals surface area (Å²) >= 11 is 5.54. The van der Waals surface area contributed by atoms with Crippen molar-refractivity contribution >= 4 is 17.5 Å². The maximum Gasteiger partial charge on any atom is 0.220 e. The van der Waals surface area contributed by atoms with Crippen molar-refractivity contribution in [3.63, 3.8) is 0 Å². The maximum absolute atomic E-state index is 11.5. The van der Waals surface area contributed by atoms with E-state index in [4.69, 9.17) is 16.3 Å².